The van der Waals surface area contributed by atoms with Crippen molar-refractivity contribution < 1.29 is 9.53 Å². The first-order valence-electron chi connectivity index (χ1n) is 10.9. The highest BCUT2D eigenvalue weighted by Gasteiger charge is 2.21. The molecule has 1 aromatic heterocycles. The van der Waals surface area contributed by atoms with Gasteiger partial charge in [0, 0.05) is 16.8 Å². The second-order valence-corrected chi connectivity index (χ2v) is 8.31. The van der Waals surface area contributed by atoms with E-state index in [2.05, 4.69) is 17.2 Å². The molecule has 0 aliphatic heterocycles. The lowest BCUT2D eigenvalue weighted by atomic mass is 10.1. The number of hydrogen-bond acceptors (Lipinski definition) is 5. The summed E-state index contributed by atoms with van der Waals surface area (Å²) >= 11 is 1.49. The molecule has 0 radical (unpaired) electrons. The highest BCUT2D eigenvalue weighted by Crippen LogP contribution is 2.29. The second-order valence-electron chi connectivity index (χ2n) is 7.40. The Morgan fingerprint density at radius 2 is 1.94 bits per heavy atom. The van der Waals surface area contributed by atoms with Gasteiger partial charge in [-0.2, -0.15) is 0 Å². The minimum Gasteiger partial charge on any atom is -0.494 e. The number of aromatic amines is 1. The Morgan fingerprint density at radius 1 is 1.18 bits per heavy atom. The Hall–Kier alpha value is -3.45. The third-order valence-corrected chi connectivity index (χ3v) is 6.09. The van der Waals surface area contributed by atoms with Crippen LogP contribution in [0.25, 0.3) is 22.6 Å². The number of carbonyl (C=O) groups is 1. The number of carbonyl (C=O) groups excluding carboxylic acids is 1. The molecule has 0 unspecified atom stereocenters. The molecule has 3 aromatic rings. The Kier molecular flexibility index (Phi) is 8.38. The van der Waals surface area contributed by atoms with Crippen LogP contribution < -0.4 is 15.8 Å². The summed E-state index contributed by atoms with van der Waals surface area (Å²) in [6.45, 7) is 8.56. The fraction of sp³-hybridized carbons (Fsp3) is 0.231. The average molecular weight is 463 g/mol. The van der Waals surface area contributed by atoms with E-state index in [-0.39, 0.29) is 5.91 Å². The fourth-order valence-electron chi connectivity index (χ4n) is 3.14. The molecule has 0 bridgehead atoms. The van der Waals surface area contributed by atoms with Crippen molar-refractivity contribution in [2.75, 3.05) is 12.3 Å². The zero-order valence-electron chi connectivity index (χ0n) is 19.4. The number of rotatable bonds is 9. The van der Waals surface area contributed by atoms with Gasteiger partial charge < -0.3 is 20.8 Å². The highest BCUT2D eigenvalue weighted by molar-refractivity contribution is 8.05. The van der Waals surface area contributed by atoms with Crippen molar-refractivity contribution in [3.8, 4) is 28.4 Å². The van der Waals surface area contributed by atoms with E-state index in [1.54, 1.807) is 0 Å². The normalized spacial score (nSPS) is 12.0. The number of imidazole rings is 1. The molecular weight excluding hydrogens is 432 g/mol. The molecule has 33 heavy (non-hydrogen) atoms. The number of benzene rings is 2. The van der Waals surface area contributed by atoms with Crippen molar-refractivity contribution in [3.05, 3.63) is 76.3 Å². The van der Waals surface area contributed by atoms with Crippen LogP contribution in [0.3, 0.4) is 0 Å². The summed E-state index contributed by atoms with van der Waals surface area (Å²) in [5.74, 6) is 1.10. The molecule has 1 amide bonds. The van der Waals surface area contributed by atoms with Crippen molar-refractivity contribution in [3.63, 3.8) is 0 Å². The van der Waals surface area contributed by atoms with Crippen LogP contribution in [0.4, 0.5) is 5.69 Å². The van der Waals surface area contributed by atoms with E-state index in [9.17, 15) is 4.79 Å². The Morgan fingerprint density at radius 3 is 2.58 bits per heavy atom. The Labute approximate surface area is 199 Å². The van der Waals surface area contributed by atoms with Crippen LogP contribution >= 0.6 is 11.8 Å². The summed E-state index contributed by atoms with van der Waals surface area (Å²) in [6, 6.07) is 15.0. The van der Waals surface area contributed by atoms with Gasteiger partial charge in [0.25, 0.3) is 5.91 Å². The molecule has 6 nitrogen and oxygen atoms in total. The number of nitrogen functional groups attached to an aromatic ring is 1. The molecule has 7 heteroatoms. The van der Waals surface area contributed by atoms with Gasteiger partial charge in [-0.1, -0.05) is 36.9 Å². The summed E-state index contributed by atoms with van der Waals surface area (Å²) in [4.78, 5) is 21.4. The fourth-order valence-corrected chi connectivity index (χ4v) is 3.91. The number of nitrogens with two attached hydrogens (primary N) is 1. The predicted octanol–water partition coefficient (Wildman–Crippen LogP) is 6.36. The number of nitrogens with one attached hydrogen (secondary N) is 2. The van der Waals surface area contributed by atoms with Crippen LogP contribution in [0.5, 0.6) is 5.75 Å². The van der Waals surface area contributed by atoms with E-state index in [0.29, 0.717) is 29.5 Å². The van der Waals surface area contributed by atoms with E-state index < -0.39 is 0 Å². The van der Waals surface area contributed by atoms with Crippen molar-refractivity contribution in [1.82, 2.24) is 15.3 Å². The summed E-state index contributed by atoms with van der Waals surface area (Å²) in [5.41, 5.74) is 10.3. The number of ether oxygens (including phenoxy) is 1. The smallest absolute Gasteiger partial charge is 0.274 e. The average Bonchev–Trinajstić information content (AvgIpc) is 3.27. The van der Waals surface area contributed by atoms with Gasteiger partial charge in [0.2, 0.25) is 0 Å². The lowest BCUT2D eigenvalue weighted by Crippen LogP contribution is -2.23. The second kappa shape index (κ2) is 11.4. The third kappa shape index (κ3) is 6.08. The molecule has 3 rings (SSSR count). The van der Waals surface area contributed by atoms with Crippen molar-refractivity contribution >= 4 is 23.4 Å². The van der Waals surface area contributed by atoms with Gasteiger partial charge in [0.1, 0.15) is 23.0 Å². The SMILES string of the molecule is C/C=C\SC(NC(=O)c1[nH]c(-c2cccc(N)c2)nc1-c1ccc(OCC)cc1)=C(C)CC. The summed E-state index contributed by atoms with van der Waals surface area (Å²) in [6.07, 6.45) is 2.78. The van der Waals surface area contributed by atoms with E-state index in [0.717, 1.165) is 33.9 Å². The molecule has 0 saturated carbocycles. The van der Waals surface area contributed by atoms with E-state index in [4.69, 9.17) is 15.5 Å². The number of aromatic nitrogens is 2. The number of nitrogens with zero attached hydrogens (tertiary/aromatic N) is 1. The number of H-pyrrole nitrogens is 1. The summed E-state index contributed by atoms with van der Waals surface area (Å²) < 4.78 is 5.55. The van der Waals surface area contributed by atoms with Crippen LogP contribution in [0.1, 0.15) is 44.6 Å². The maximum atomic E-state index is 13.4. The number of hydrogen-bond donors (Lipinski definition) is 3. The summed E-state index contributed by atoms with van der Waals surface area (Å²) in [5, 5.41) is 5.84. The molecule has 4 N–H and O–H groups in total. The first-order chi connectivity index (χ1) is 16.0. The van der Waals surface area contributed by atoms with E-state index in [1.807, 2.05) is 80.8 Å². The standard InChI is InChI=1S/C26H30N4O2S/c1-5-15-33-26(17(4)6-2)30-25(31)23-22(18-11-13-21(14-12-18)32-7-3)28-24(29-23)19-9-8-10-20(27)16-19/h5,8-16H,6-7,27H2,1-4H3,(H,28,29)(H,30,31)/b15-5-,26-17?. The van der Waals surface area contributed by atoms with Gasteiger partial charge in [-0.25, -0.2) is 4.98 Å². The van der Waals surface area contributed by atoms with Crippen LogP contribution in [0, 0.1) is 0 Å². The van der Waals surface area contributed by atoms with Crippen molar-refractivity contribution in [2.24, 2.45) is 0 Å². The minimum atomic E-state index is -0.249. The number of amides is 1. The Balaban J connectivity index is 2.05. The molecule has 0 atom stereocenters. The molecule has 1 heterocycles. The predicted molar refractivity (Wildman–Crippen MR) is 138 cm³/mol. The lowest BCUT2D eigenvalue weighted by molar-refractivity contribution is 0.0964. The lowest BCUT2D eigenvalue weighted by Gasteiger charge is -2.11. The van der Waals surface area contributed by atoms with Crippen LogP contribution in [-0.2, 0) is 0 Å². The monoisotopic (exact) mass is 462 g/mol. The molecule has 0 fully saturated rings. The van der Waals surface area contributed by atoms with Gasteiger partial charge in [0.05, 0.1) is 11.6 Å². The van der Waals surface area contributed by atoms with Gasteiger partial charge in [0.15, 0.2) is 0 Å². The van der Waals surface area contributed by atoms with Gasteiger partial charge >= 0.3 is 0 Å². The van der Waals surface area contributed by atoms with Crippen molar-refractivity contribution in [1.29, 1.82) is 0 Å². The zero-order valence-corrected chi connectivity index (χ0v) is 20.3. The first kappa shape index (κ1) is 24.2. The van der Waals surface area contributed by atoms with Gasteiger partial charge in [-0.05, 0) is 74.6 Å². The number of thioether (sulfide) groups is 1. The maximum Gasteiger partial charge on any atom is 0.274 e. The van der Waals surface area contributed by atoms with Gasteiger partial charge in [-0.3, -0.25) is 4.79 Å². The molecule has 2 aromatic carbocycles. The summed E-state index contributed by atoms with van der Waals surface area (Å²) in [7, 11) is 0. The van der Waals surface area contributed by atoms with E-state index >= 15 is 0 Å². The first-order valence-corrected chi connectivity index (χ1v) is 11.8. The quantitative estimate of drug-likeness (QED) is 0.322. The topological polar surface area (TPSA) is 93.0 Å². The number of allylic oxidation sites excluding steroid dienone is 2. The minimum absolute atomic E-state index is 0.249. The van der Waals surface area contributed by atoms with E-state index in [1.165, 1.54) is 11.8 Å². The maximum absolute atomic E-state index is 13.4. The highest BCUT2D eigenvalue weighted by atomic mass is 32.2. The zero-order chi connectivity index (χ0) is 23.8. The number of anilines is 1. The van der Waals surface area contributed by atoms with Crippen molar-refractivity contribution in [2.45, 2.75) is 34.1 Å². The van der Waals surface area contributed by atoms with Crippen LogP contribution in [0.2, 0.25) is 0 Å². The molecule has 172 valence electrons. The van der Waals surface area contributed by atoms with Crippen LogP contribution in [-0.4, -0.2) is 22.5 Å². The van der Waals surface area contributed by atoms with Gasteiger partial charge in [-0.15, -0.1) is 0 Å². The van der Waals surface area contributed by atoms with Crippen LogP contribution in [0.15, 0.2) is 70.6 Å². The molecular formula is C26H30N4O2S. The molecule has 0 spiro atoms. The largest absolute Gasteiger partial charge is 0.494 e. The Bertz CT molecular complexity index is 1160. The molecule has 0 aliphatic rings. The molecule has 0 aliphatic carbocycles. The third-order valence-electron chi connectivity index (χ3n) is 5.00. The molecule has 0 saturated heterocycles.